The number of carbonyl (C=O) groups excluding carboxylic acids is 2. The topological polar surface area (TPSA) is 76.9 Å². The predicted molar refractivity (Wildman–Crippen MR) is 123 cm³/mol. The van der Waals surface area contributed by atoms with Gasteiger partial charge in [-0.05, 0) is 31.0 Å². The Labute approximate surface area is 192 Å². The molecule has 33 heavy (non-hydrogen) atoms. The minimum atomic E-state index is -0.315. The highest BCUT2D eigenvalue weighted by Gasteiger charge is 2.32. The number of hydrogen-bond acceptors (Lipinski definition) is 5. The van der Waals surface area contributed by atoms with Crippen LogP contribution in [0.2, 0.25) is 0 Å². The molecule has 172 valence electrons. The van der Waals surface area contributed by atoms with Crippen LogP contribution in [0, 0.1) is 0 Å². The van der Waals surface area contributed by atoms with Gasteiger partial charge >= 0.3 is 0 Å². The summed E-state index contributed by atoms with van der Waals surface area (Å²) in [6.07, 6.45) is 1.40. The Bertz CT molecular complexity index is 1120. The molecule has 0 N–H and O–H groups in total. The standard InChI is InChI=1S/C25H28N4O4/c30-24(22-11-6-17-33-22)27-12-14-28(15-13-27)25(31)23-20-9-4-5-10-21(20)29(26-23)16-18-32-19-7-2-1-3-8-19/h1-5,7-10,22H,6,11-18H2. The van der Waals surface area contributed by atoms with Crippen LogP contribution in [0.4, 0.5) is 0 Å². The van der Waals surface area contributed by atoms with E-state index >= 15 is 0 Å². The van der Waals surface area contributed by atoms with Gasteiger partial charge in [-0.3, -0.25) is 14.3 Å². The van der Waals surface area contributed by atoms with E-state index in [0.717, 1.165) is 29.5 Å². The van der Waals surface area contributed by atoms with Crippen molar-refractivity contribution in [2.75, 3.05) is 39.4 Å². The molecule has 0 radical (unpaired) electrons. The average molecular weight is 449 g/mol. The average Bonchev–Trinajstić information content (AvgIpc) is 3.53. The van der Waals surface area contributed by atoms with Gasteiger partial charge in [0, 0.05) is 38.2 Å². The van der Waals surface area contributed by atoms with Crippen molar-refractivity contribution in [2.45, 2.75) is 25.5 Å². The number of benzene rings is 2. The zero-order chi connectivity index (χ0) is 22.6. The molecule has 2 amide bonds. The molecule has 8 nitrogen and oxygen atoms in total. The Hall–Kier alpha value is -3.39. The summed E-state index contributed by atoms with van der Waals surface area (Å²) in [5.41, 5.74) is 1.36. The molecule has 3 heterocycles. The van der Waals surface area contributed by atoms with Gasteiger partial charge in [0.05, 0.1) is 12.1 Å². The number of amides is 2. The van der Waals surface area contributed by atoms with E-state index in [2.05, 4.69) is 5.10 Å². The molecular weight excluding hydrogens is 420 g/mol. The van der Waals surface area contributed by atoms with E-state index in [9.17, 15) is 9.59 Å². The first-order valence-electron chi connectivity index (χ1n) is 11.5. The molecule has 3 aromatic rings. The lowest BCUT2D eigenvalue weighted by Crippen LogP contribution is -2.52. The smallest absolute Gasteiger partial charge is 0.275 e. The third kappa shape index (κ3) is 4.57. The van der Waals surface area contributed by atoms with E-state index < -0.39 is 0 Å². The number of fused-ring (bicyclic) bond motifs is 1. The first-order chi connectivity index (χ1) is 16.2. The Morgan fingerprint density at radius 1 is 0.970 bits per heavy atom. The van der Waals surface area contributed by atoms with Crippen LogP contribution >= 0.6 is 0 Å². The molecule has 0 spiro atoms. The summed E-state index contributed by atoms with van der Waals surface area (Å²) in [6.45, 7) is 3.67. The van der Waals surface area contributed by atoms with Crippen LogP contribution in [-0.4, -0.2) is 76.9 Å². The summed E-state index contributed by atoms with van der Waals surface area (Å²) < 4.78 is 13.2. The molecule has 0 bridgehead atoms. The first kappa shape index (κ1) is 21.5. The molecule has 2 aliphatic heterocycles. The largest absolute Gasteiger partial charge is 0.492 e. The number of piperazine rings is 1. The minimum Gasteiger partial charge on any atom is -0.492 e. The van der Waals surface area contributed by atoms with Gasteiger partial charge in [-0.15, -0.1) is 0 Å². The van der Waals surface area contributed by atoms with Crippen molar-refractivity contribution in [3.05, 3.63) is 60.3 Å². The van der Waals surface area contributed by atoms with Gasteiger partial charge in [0.1, 0.15) is 18.5 Å². The highest BCUT2D eigenvalue weighted by atomic mass is 16.5. The minimum absolute atomic E-state index is 0.0488. The summed E-state index contributed by atoms with van der Waals surface area (Å²) >= 11 is 0. The lowest BCUT2D eigenvalue weighted by molar-refractivity contribution is -0.142. The molecule has 1 unspecified atom stereocenters. The van der Waals surface area contributed by atoms with E-state index in [1.807, 2.05) is 64.2 Å². The Morgan fingerprint density at radius 3 is 2.45 bits per heavy atom. The van der Waals surface area contributed by atoms with E-state index in [-0.39, 0.29) is 17.9 Å². The van der Waals surface area contributed by atoms with Gasteiger partial charge in [0.15, 0.2) is 5.69 Å². The Morgan fingerprint density at radius 2 is 1.70 bits per heavy atom. The number of carbonyl (C=O) groups is 2. The van der Waals surface area contributed by atoms with Crippen LogP contribution in [0.1, 0.15) is 23.3 Å². The number of rotatable bonds is 6. The van der Waals surface area contributed by atoms with Crippen LogP contribution in [0.3, 0.4) is 0 Å². The molecule has 2 fully saturated rings. The monoisotopic (exact) mass is 448 g/mol. The van der Waals surface area contributed by atoms with Crippen molar-refractivity contribution in [1.29, 1.82) is 0 Å². The van der Waals surface area contributed by atoms with Gasteiger partial charge in [0.25, 0.3) is 11.8 Å². The van der Waals surface area contributed by atoms with Crippen LogP contribution in [0.25, 0.3) is 10.9 Å². The second-order valence-corrected chi connectivity index (χ2v) is 8.37. The molecular formula is C25H28N4O4. The summed E-state index contributed by atoms with van der Waals surface area (Å²) in [5, 5.41) is 5.49. The van der Waals surface area contributed by atoms with Gasteiger partial charge < -0.3 is 19.3 Å². The van der Waals surface area contributed by atoms with Crippen LogP contribution in [0.5, 0.6) is 5.75 Å². The summed E-state index contributed by atoms with van der Waals surface area (Å²) in [6, 6.07) is 17.4. The van der Waals surface area contributed by atoms with E-state index in [1.165, 1.54) is 0 Å². The number of hydrogen-bond donors (Lipinski definition) is 0. The maximum Gasteiger partial charge on any atom is 0.275 e. The fourth-order valence-corrected chi connectivity index (χ4v) is 4.48. The molecule has 2 aliphatic rings. The molecule has 1 aromatic heterocycles. The molecule has 2 aromatic carbocycles. The molecule has 2 saturated heterocycles. The van der Waals surface area contributed by atoms with Gasteiger partial charge in [-0.2, -0.15) is 5.10 Å². The van der Waals surface area contributed by atoms with Crippen LogP contribution in [0.15, 0.2) is 54.6 Å². The zero-order valence-corrected chi connectivity index (χ0v) is 18.6. The van der Waals surface area contributed by atoms with Gasteiger partial charge in [-0.25, -0.2) is 0 Å². The lowest BCUT2D eigenvalue weighted by atomic mass is 10.1. The van der Waals surface area contributed by atoms with Crippen molar-refractivity contribution in [3.63, 3.8) is 0 Å². The van der Waals surface area contributed by atoms with Crippen molar-refractivity contribution < 1.29 is 19.1 Å². The summed E-state index contributed by atoms with van der Waals surface area (Å²) in [5.74, 6) is 0.756. The number of aromatic nitrogens is 2. The molecule has 0 aliphatic carbocycles. The molecule has 8 heteroatoms. The normalized spacial score (nSPS) is 18.6. The van der Waals surface area contributed by atoms with Crippen LogP contribution in [-0.2, 0) is 16.1 Å². The molecule has 0 saturated carbocycles. The Balaban J connectivity index is 1.25. The SMILES string of the molecule is O=C(c1nn(CCOc2ccccc2)c2ccccc12)N1CCN(C(=O)C2CCCO2)CC1. The van der Waals surface area contributed by atoms with Crippen molar-refractivity contribution >= 4 is 22.7 Å². The quantitative estimate of drug-likeness (QED) is 0.579. The Kier molecular flexibility index (Phi) is 6.26. The third-order valence-corrected chi connectivity index (χ3v) is 6.26. The van der Waals surface area contributed by atoms with E-state index in [4.69, 9.17) is 9.47 Å². The zero-order valence-electron chi connectivity index (χ0n) is 18.6. The highest BCUT2D eigenvalue weighted by Crippen LogP contribution is 2.22. The molecule has 5 rings (SSSR count). The number of ether oxygens (including phenoxy) is 2. The van der Waals surface area contributed by atoms with E-state index in [1.54, 1.807) is 4.90 Å². The summed E-state index contributed by atoms with van der Waals surface area (Å²) in [4.78, 5) is 29.6. The van der Waals surface area contributed by atoms with Crippen molar-refractivity contribution in [2.24, 2.45) is 0 Å². The fourth-order valence-electron chi connectivity index (χ4n) is 4.48. The first-order valence-corrected chi connectivity index (χ1v) is 11.5. The van der Waals surface area contributed by atoms with Crippen LogP contribution < -0.4 is 4.74 Å². The van der Waals surface area contributed by atoms with E-state index in [0.29, 0.717) is 51.6 Å². The number of nitrogens with zero attached hydrogens (tertiary/aromatic N) is 4. The summed E-state index contributed by atoms with van der Waals surface area (Å²) in [7, 11) is 0. The lowest BCUT2D eigenvalue weighted by Gasteiger charge is -2.35. The highest BCUT2D eigenvalue weighted by molar-refractivity contribution is 6.05. The predicted octanol–water partition coefficient (Wildman–Crippen LogP) is 2.58. The third-order valence-electron chi connectivity index (χ3n) is 6.26. The number of para-hydroxylation sites is 2. The second kappa shape index (κ2) is 9.62. The fraction of sp³-hybridized carbons (Fsp3) is 0.400. The second-order valence-electron chi connectivity index (χ2n) is 8.37. The maximum atomic E-state index is 13.3. The van der Waals surface area contributed by atoms with Gasteiger partial charge in [-0.1, -0.05) is 36.4 Å². The van der Waals surface area contributed by atoms with Crippen molar-refractivity contribution in [3.8, 4) is 5.75 Å². The molecule has 1 atom stereocenters. The maximum absolute atomic E-state index is 13.3. The van der Waals surface area contributed by atoms with Gasteiger partial charge in [0.2, 0.25) is 0 Å². The van der Waals surface area contributed by atoms with Crippen molar-refractivity contribution in [1.82, 2.24) is 19.6 Å².